The maximum absolute atomic E-state index is 13.6. The zero-order valence-electron chi connectivity index (χ0n) is 12.1. The molecule has 0 bridgehead atoms. The number of benzene rings is 2. The molecular formula is C19H14FNO. The molecule has 1 heterocycles. The summed E-state index contributed by atoms with van der Waals surface area (Å²) in [6, 6.07) is 11.8. The van der Waals surface area contributed by atoms with E-state index in [0.29, 0.717) is 22.2 Å². The minimum Gasteiger partial charge on any atom is -0.294 e. The number of Topliss-reactive ketones (excluding diaryl/α,β-unsaturated/α-hetero) is 1. The van der Waals surface area contributed by atoms with Crippen molar-refractivity contribution in [3.8, 4) is 11.1 Å². The molecule has 0 saturated heterocycles. The Bertz CT molecular complexity index is 899. The van der Waals surface area contributed by atoms with Gasteiger partial charge < -0.3 is 0 Å². The van der Waals surface area contributed by atoms with Crippen molar-refractivity contribution in [3.05, 3.63) is 72.2 Å². The second-order valence-electron chi connectivity index (χ2n) is 5.06. The van der Waals surface area contributed by atoms with Gasteiger partial charge in [0.1, 0.15) is 5.82 Å². The van der Waals surface area contributed by atoms with E-state index < -0.39 is 0 Å². The van der Waals surface area contributed by atoms with Gasteiger partial charge in [-0.15, -0.1) is 0 Å². The van der Waals surface area contributed by atoms with Crippen molar-refractivity contribution >= 4 is 22.8 Å². The van der Waals surface area contributed by atoms with E-state index in [1.54, 1.807) is 30.5 Å². The number of aromatic nitrogens is 1. The predicted octanol–water partition coefficient (Wildman–Crippen LogP) is 4.89. The van der Waals surface area contributed by atoms with Gasteiger partial charge in [0.15, 0.2) is 5.78 Å². The summed E-state index contributed by atoms with van der Waals surface area (Å²) in [4.78, 5) is 16.5. The van der Waals surface area contributed by atoms with Gasteiger partial charge >= 0.3 is 0 Å². The number of halogens is 1. The summed E-state index contributed by atoms with van der Waals surface area (Å²) in [6.07, 6.45) is 3.37. The van der Waals surface area contributed by atoms with E-state index in [1.807, 2.05) is 12.1 Å². The first kappa shape index (κ1) is 14.1. The van der Waals surface area contributed by atoms with Crippen LogP contribution in [0.1, 0.15) is 22.8 Å². The van der Waals surface area contributed by atoms with Gasteiger partial charge in [-0.3, -0.25) is 9.78 Å². The van der Waals surface area contributed by atoms with Gasteiger partial charge in [-0.2, -0.15) is 0 Å². The molecular weight excluding hydrogens is 277 g/mol. The zero-order valence-corrected chi connectivity index (χ0v) is 12.1. The SMILES string of the molecule is C=Cc1cc(C(C)=O)c(-c2cccc(F)c2)c2ncccc12. The Balaban J connectivity index is 2.48. The maximum atomic E-state index is 13.6. The number of hydrogen-bond donors (Lipinski definition) is 0. The van der Waals surface area contributed by atoms with Crippen molar-refractivity contribution in [2.45, 2.75) is 6.92 Å². The van der Waals surface area contributed by atoms with Crippen LogP contribution in [0.5, 0.6) is 0 Å². The van der Waals surface area contributed by atoms with Crippen LogP contribution in [-0.2, 0) is 0 Å². The summed E-state index contributed by atoms with van der Waals surface area (Å²) >= 11 is 0. The van der Waals surface area contributed by atoms with Gasteiger partial charge in [-0.1, -0.05) is 30.9 Å². The first-order chi connectivity index (χ1) is 10.6. The molecule has 0 spiro atoms. The van der Waals surface area contributed by atoms with E-state index >= 15 is 0 Å². The summed E-state index contributed by atoms with van der Waals surface area (Å²) in [5.74, 6) is -0.432. The van der Waals surface area contributed by atoms with Crippen LogP contribution in [0.3, 0.4) is 0 Å². The lowest BCUT2D eigenvalue weighted by Gasteiger charge is -2.13. The monoisotopic (exact) mass is 291 g/mol. The number of fused-ring (bicyclic) bond motifs is 1. The molecule has 22 heavy (non-hydrogen) atoms. The van der Waals surface area contributed by atoms with Crippen molar-refractivity contribution in [1.82, 2.24) is 4.98 Å². The highest BCUT2D eigenvalue weighted by Crippen LogP contribution is 2.34. The van der Waals surface area contributed by atoms with Crippen molar-refractivity contribution in [2.75, 3.05) is 0 Å². The molecule has 3 heteroatoms. The van der Waals surface area contributed by atoms with Crippen molar-refractivity contribution in [3.63, 3.8) is 0 Å². The van der Waals surface area contributed by atoms with E-state index in [1.165, 1.54) is 19.1 Å². The topological polar surface area (TPSA) is 30.0 Å². The molecule has 1 aromatic heterocycles. The third-order valence-electron chi connectivity index (χ3n) is 3.64. The van der Waals surface area contributed by atoms with Gasteiger partial charge in [0.25, 0.3) is 0 Å². The lowest BCUT2D eigenvalue weighted by molar-refractivity contribution is 0.101. The van der Waals surface area contributed by atoms with Crippen LogP contribution in [0.2, 0.25) is 0 Å². The standard InChI is InChI=1S/C19H14FNO/c1-3-13-11-17(12(2)22)18(14-6-4-7-15(20)10-14)19-16(13)8-5-9-21-19/h3-11H,1H2,2H3. The number of pyridine rings is 1. The number of carbonyl (C=O) groups is 1. The van der Waals surface area contributed by atoms with Crippen LogP contribution >= 0.6 is 0 Å². The third-order valence-corrected chi connectivity index (χ3v) is 3.64. The van der Waals surface area contributed by atoms with Gasteiger partial charge in [0.2, 0.25) is 0 Å². The van der Waals surface area contributed by atoms with E-state index in [0.717, 1.165) is 10.9 Å². The molecule has 108 valence electrons. The van der Waals surface area contributed by atoms with E-state index in [9.17, 15) is 9.18 Å². The molecule has 0 atom stereocenters. The summed E-state index contributed by atoms with van der Waals surface area (Å²) in [7, 11) is 0. The minimum atomic E-state index is -0.344. The van der Waals surface area contributed by atoms with Crippen LogP contribution < -0.4 is 0 Å². The van der Waals surface area contributed by atoms with Crippen LogP contribution in [0.4, 0.5) is 4.39 Å². The molecule has 0 saturated carbocycles. The Kier molecular flexibility index (Phi) is 3.55. The van der Waals surface area contributed by atoms with Gasteiger partial charge in [-0.25, -0.2) is 4.39 Å². The van der Waals surface area contributed by atoms with Gasteiger partial charge in [0.05, 0.1) is 5.52 Å². The van der Waals surface area contributed by atoms with Crippen molar-refractivity contribution in [1.29, 1.82) is 0 Å². The number of nitrogens with zero attached hydrogens (tertiary/aromatic N) is 1. The smallest absolute Gasteiger partial charge is 0.160 e. The number of carbonyl (C=O) groups excluding carboxylic acids is 1. The summed E-state index contributed by atoms with van der Waals surface area (Å²) in [5, 5.41) is 0.891. The summed E-state index contributed by atoms with van der Waals surface area (Å²) in [6.45, 7) is 5.30. The summed E-state index contributed by atoms with van der Waals surface area (Å²) in [5.41, 5.74) is 3.34. The normalized spacial score (nSPS) is 10.6. The highest BCUT2D eigenvalue weighted by molar-refractivity contribution is 6.10. The molecule has 0 aliphatic rings. The Morgan fingerprint density at radius 2 is 2.05 bits per heavy atom. The number of rotatable bonds is 3. The Morgan fingerprint density at radius 1 is 1.23 bits per heavy atom. The van der Waals surface area contributed by atoms with E-state index in [4.69, 9.17) is 0 Å². The maximum Gasteiger partial charge on any atom is 0.160 e. The molecule has 0 aliphatic heterocycles. The van der Waals surface area contributed by atoms with Crippen molar-refractivity contribution in [2.24, 2.45) is 0 Å². The molecule has 0 unspecified atom stereocenters. The average molecular weight is 291 g/mol. The Labute approximate surface area is 127 Å². The van der Waals surface area contributed by atoms with E-state index in [2.05, 4.69) is 11.6 Å². The fraction of sp³-hybridized carbons (Fsp3) is 0.0526. The average Bonchev–Trinajstić information content (AvgIpc) is 2.53. The highest BCUT2D eigenvalue weighted by Gasteiger charge is 2.16. The minimum absolute atomic E-state index is 0.0880. The number of ketones is 1. The van der Waals surface area contributed by atoms with E-state index in [-0.39, 0.29) is 11.6 Å². The second-order valence-corrected chi connectivity index (χ2v) is 5.06. The van der Waals surface area contributed by atoms with Crippen LogP contribution in [0.15, 0.2) is 55.2 Å². The van der Waals surface area contributed by atoms with Crippen molar-refractivity contribution < 1.29 is 9.18 Å². The quantitative estimate of drug-likeness (QED) is 0.643. The first-order valence-corrected chi connectivity index (χ1v) is 6.93. The molecule has 3 aromatic rings. The van der Waals surface area contributed by atoms with Crippen LogP contribution in [-0.4, -0.2) is 10.8 Å². The van der Waals surface area contributed by atoms with Crippen LogP contribution in [0.25, 0.3) is 28.1 Å². The molecule has 0 N–H and O–H groups in total. The molecule has 0 aliphatic carbocycles. The lowest BCUT2D eigenvalue weighted by Crippen LogP contribution is -2.00. The lowest BCUT2D eigenvalue weighted by atomic mass is 9.91. The molecule has 2 aromatic carbocycles. The van der Waals surface area contributed by atoms with Gasteiger partial charge in [0, 0.05) is 22.7 Å². The first-order valence-electron chi connectivity index (χ1n) is 6.93. The summed E-state index contributed by atoms with van der Waals surface area (Å²) < 4.78 is 13.6. The molecule has 2 nitrogen and oxygen atoms in total. The molecule has 3 rings (SSSR count). The van der Waals surface area contributed by atoms with Gasteiger partial charge in [-0.05, 0) is 42.3 Å². The third kappa shape index (κ3) is 2.31. The fourth-order valence-corrected chi connectivity index (χ4v) is 2.65. The van der Waals surface area contributed by atoms with Crippen LogP contribution in [0, 0.1) is 5.82 Å². The largest absolute Gasteiger partial charge is 0.294 e. The second kappa shape index (κ2) is 5.53. The predicted molar refractivity (Wildman–Crippen MR) is 87.2 cm³/mol. The zero-order chi connectivity index (χ0) is 15.7. The molecule has 0 amide bonds. The molecule has 0 radical (unpaired) electrons. The number of hydrogen-bond acceptors (Lipinski definition) is 2. The Morgan fingerprint density at radius 3 is 2.73 bits per heavy atom. The highest BCUT2D eigenvalue weighted by atomic mass is 19.1. The molecule has 0 fully saturated rings. The fourth-order valence-electron chi connectivity index (χ4n) is 2.65. The Hall–Kier alpha value is -2.81.